The minimum atomic E-state index is -0.263. The molecule has 2 atom stereocenters. The van der Waals surface area contributed by atoms with Crippen LogP contribution in [0, 0.1) is 5.92 Å². The molecule has 0 aliphatic heterocycles. The SMILES string of the molecule is COC(=O)[C@@H](NC1CCCc2c1cnn2C)C(C)C. The van der Waals surface area contributed by atoms with E-state index in [1.54, 1.807) is 0 Å². The molecule has 0 fully saturated rings. The van der Waals surface area contributed by atoms with Crippen molar-refractivity contribution in [2.75, 3.05) is 7.11 Å². The molecule has 1 aromatic heterocycles. The fraction of sp³-hybridized carbons (Fsp3) is 0.714. The first kappa shape index (κ1) is 14.1. The summed E-state index contributed by atoms with van der Waals surface area (Å²) >= 11 is 0. The van der Waals surface area contributed by atoms with Crippen LogP contribution in [-0.4, -0.2) is 28.9 Å². The van der Waals surface area contributed by atoms with E-state index in [2.05, 4.69) is 10.4 Å². The fourth-order valence-electron chi connectivity index (χ4n) is 2.76. The second-order valence-corrected chi connectivity index (χ2v) is 5.53. The Hall–Kier alpha value is -1.36. The number of methoxy groups -OCH3 is 1. The number of carbonyl (C=O) groups excluding carboxylic acids is 1. The molecule has 19 heavy (non-hydrogen) atoms. The number of hydrogen-bond acceptors (Lipinski definition) is 4. The summed E-state index contributed by atoms with van der Waals surface area (Å²) in [5, 5.41) is 7.77. The molecule has 1 heterocycles. The van der Waals surface area contributed by atoms with Crippen molar-refractivity contribution in [2.45, 2.75) is 45.2 Å². The summed E-state index contributed by atoms with van der Waals surface area (Å²) in [7, 11) is 3.41. The highest BCUT2D eigenvalue weighted by molar-refractivity contribution is 5.76. The number of carbonyl (C=O) groups is 1. The summed E-state index contributed by atoms with van der Waals surface area (Å²) in [6.07, 6.45) is 5.14. The molecule has 106 valence electrons. The summed E-state index contributed by atoms with van der Waals surface area (Å²) in [6, 6.07) is -0.0647. The topological polar surface area (TPSA) is 56.1 Å². The molecular weight excluding hydrogens is 242 g/mol. The number of aromatic nitrogens is 2. The summed E-state index contributed by atoms with van der Waals surface area (Å²) in [5.41, 5.74) is 2.50. The van der Waals surface area contributed by atoms with Gasteiger partial charge in [-0.05, 0) is 25.2 Å². The third kappa shape index (κ3) is 2.81. The number of ether oxygens (including phenoxy) is 1. The van der Waals surface area contributed by atoms with Crippen LogP contribution in [0.1, 0.15) is 44.0 Å². The fourth-order valence-corrected chi connectivity index (χ4v) is 2.76. The van der Waals surface area contributed by atoms with Gasteiger partial charge < -0.3 is 4.74 Å². The first-order chi connectivity index (χ1) is 9.04. The number of rotatable bonds is 4. The minimum Gasteiger partial charge on any atom is -0.468 e. The van der Waals surface area contributed by atoms with Crippen LogP contribution < -0.4 is 5.32 Å². The molecule has 1 N–H and O–H groups in total. The van der Waals surface area contributed by atoms with E-state index in [1.165, 1.54) is 18.4 Å². The van der Waals surface area contributed by atoms with Gasteiger partial charge in [0.1, 0.15) is 6.04 Å². The first-order valence-electron chi connectivity index (χ1n) is 6.89. The Balaban J connectivity index is 2.17. The van der Waals surface area contributed by atoms with Crippen molar-refractivity contribution in [1.82, 2.24) is 15.1 Å². The smallest absolute Gasteiger partial charge is 0.323 e. The molecule has 1 aliphatic rings. The van der Waals surface area contributed by atoms with Gasteiger partial charge in [0.2, 0.25) is 0 Å². The normalized spacial score (nSPS) is 20.2. The second-order valence-electron chi connectivity index (χ2n) is 5.53. The van der Waals surface area contributed by atoms with Crippen LogP contribution in [0.5, 0.6) is 0 Å². The van der Waals surface area contributed by atoms with Gasteiger partial charge in [0, 0.05) is 24.3 Å². The van der Waals surface area contributed by atoms with Gasteiger partial charge in [-0.25, -0.2) is 0 Å². The van der Waals surface area contributed by atoms with Crippen LogP contribution in [0.25, 0.3) is 0 Å². The maximum absolute atomic E-state index is 11.8. The Morgan fingerprint density at radius 3 is 2.95 bits per heavy atom. The van der Waals surface area contributed by atoms with E-state index >= 15 is 0 Å². The average Bonchev–Trinajstić information content (AvgIpc) is 2.77. The molecule has 0 amide bonds. The van der Waals surface area contributed by atoms with Crippen LogP contribution in [0.2, 0.25) is 0 Å². The molecule has 1 aromatic rings. The van der Waals surface area contributed by atoms with Gasteiger partial charge in [-0.1, -0.05) is 13.8 Å². The zero-order valence-electron chi connectivity index (χ0n) is 12.1. The van der Waals surface area contributed by atoms with Gasteiger partial charge in [-0.2, -0.15) is 5.10 Å². The van der Waals surface area contributed by atoms with Crippen LogP contribution in [0.3, 0.4) is 0 Å². The Kier molecular flexibility index (Phi) is 4.24. The van der Waals surface area contributed by atoms with Crippen molar-refractivity contribution in [1.29, 1.82) is 0 Å². The Bertz CT molecular complexity index is 454. The van der Waals surface area contributed by atoms with Gasteiger partial charge in [0.25, 0.3) is 0 Å². The van der Waals surface area contributed by atoms with Gasteiger partial charge >= 0.3 is 5.97 Å². The zero-order chi connectivity index (χ0) is 14.0. The van der Waals surface area contributed by atoms with E-state index in [-0.39, 0.29) is 24.0 Å². The maximum Gasteiger partial charge on any atom is 0.323 e. The lowest BCUT2D eigenvalue weighted by Crippen LogP contribution is -2.44. The van der Waals surface area contributed by atoms with Gasteiger partial charge in [0.15, 0.2) is 0 Å². The maximum atomic E-state index is 11.8. The number of nitrogens with one attached hydrogen (secondary N) is 1. The van der Waals surface area contributed by atoms with E-state index in [0.29, 0.717) is 0 Å². The van der Waals surface area contributed by atoms with Gasteiger partial charge in [-0.15, -0.1) is 0 Å². The highest BCUT2D eigenvalue weighted by Crippen LogP contribution is 2.30. The summed E-state index contributed by atoms with van der Waals surface area (Å²) in [6.45, 7) is 4.06. The molecule has 5 heteroatoms. The lowest BCUT2D eigenvalue weighted by molar-refractivity contribution is -0.144. The van der Waals surface area contributed by atoms with Crippen molar-refractivity contribution >= 4 is 5.97 Å². The standard InChI is InChI=1S/C14H23N3O2/c1-9(2)13(14(18)19-4)16-11-6-5-7-12-10(11)8-15-17(12)3/h8-9,11,13,16H,5-7H2,1-4H3/t11?,13-/m0/s1. The molecule has 0 spiro atoms. The number of esters is 1. The zero-order valence-corrected chi connectivity index (χ0v) is 12.1. The molecule has 0 bridgehead atoms. The highest BCUT2D eigenvalue weighted by Gasteiger charge is 2.30. The molecule has 0 aromatic carbocycles. The number of nitrogens with zero attached hydrogens (tertiary/aromatic N) is 2. The molecule has 0 radical (unpaired) electrons. The van der Waals surface area contributed by atoms with Gasteiger partial charge in [0.05, 0.1) is 13.3 Å². The lowest BCUT2D eigenvalue weighted by atomic mass is 9.91. The second kappa shape index (κ2) is 5.74. The van der Waals surface area contributed by atoms with Crippen LogP contribution in [-0.2, 0) is 23.0 Å². The van der Waals surface area contributed by atoms with E-state index in [0.717, 1.165) is 19.3 Å². The van der Waals surface area contributed by atoms with Gasteiger partial charge in [-0.3, -0.25) is 14.8 Å². The van der Waals surface area contributed by atoms with Crippen molar-refractivity contribution in [3.8, 4) is 0 Å². The number of fused-ring (bicyclic) bond motifs is 1. The molecule has 1 unspecified atom stereocenters. The Morgan fingerprint density at radius 1 is 1.58 bits per heavy atom. The third-order valence-corrected chi connectivity index (χ3v) is 3.88. The molecule has 0 saturated carbocycles. The Labute approximate surface area is 114 Å². The predicted octanol–water partition coefficient (Wildman–Crippen LogP) is 1.58. The van der Waals surface area contributed by atoms with Crippen molar-refractivity contribution < 1.29 is 9.53 Å². The molecule has 5 nitrogen and oxygen atoms in total. The summed E-state index contributed by atoms with van der Waals surface area (Å²) < 4.78 is 6.82. The molecule has 0 saturated heterocycles. The van der Waals surface area contributed by atoms with Crippen LogP contribution >= 0.6 is 0 Å². The molecular formula is C14H23N3O2. The van der Waals surface area contributed by atoms with E-state index in [1.807, 2.05) is 31.8 Å². The Morgan fingerprint density at radius 2 is 2.32 bits per heavy atom. The quantitative estimate of drug-likeness (QED) is 0.840. The van der Waals surface area contributed by atoms with Crippen molar-refractivity contribution in [2.24, 2.45) is 13.0 Å². The van der Waals surface area contributed by atoms with Crippen LogP contribution in [0.15, 0.2) is 6.20 Å². The predicted molar refractivity (Wildman–Crippen MR) is 72.7 cm³/mol. The molecule has 2 rings (SSSR count). The first-order valence-corrected chi connectivity index (χ1v) is 6.89. The van der Waals surface area contributed by atoms with Crippen molar-refractivity contribution in [3.05, 3.63) is 17.5 Å². The largest absolute Gasteiger partial charge is 0.468 e. The van der Waals surface area contributed by atoms with E-state index in [9.17, 15) is 4.79 Å². The monoisotopic (exact) mass is 265 g/mol. The van der Waals surface area contributed by atoms with Crippen LogP contribution in [0.4, 0.5) is 0 Å². The highest BCUT2D eigenvalue weighted by atomic mass is 16.5. The summed E-state index contributed by atoms with van der Waals surface area (Å²) in [5.74, 6) is 0.0144. The van der Waals surface area contributed by atoms with E-state index < -0.39 is 0 Å². The third-order valence-electron chi connectivity index (χ3n) is 3.88. The number of aryl methyl sites for hydroxylation is 1. The summed E-state index contributed by atoms with van der Waals surface area (Å²) in [4.78, 5) is 11.8. The average molecular weight is 265 g/mol. The van der Waals surface area contributed by atoms with Crippen molar-refractivity contribution in [3.63, 3.8) is 0 Å². The lowest BCUT2D eigenvalue weighted by Gasteiger charge is -2.29. The van der Waals surface area contributed by atoms with E-state index in [4.69, 9.17) is 4.74 Å². The minimum absolute atomic E-state index is 0.189. The molecule has 1 aliphatic carbocycles. The number of hydrogen-bond donors (Lipinski definition) is 1.